The number of thiophene rings is 1. The van der Waals surface area contributed by atoms with Crippen LogP contribution in [0.1, 0.15) is 16.1 Å². The van der Waals surface area contributed by atoms with Gasteiger partial charge in [0.1, 0.15) is 0 Å². The summed E-state index contributed by atoms with van der Waals surface area (Å²) in [6.07, 6.45) is 0. The third-order valence-electron chi connectivity index (χ3n) is 2.57. The van der Waals surface area contributed by atoms with E-state index in [1.807, 2.05) is 24.4 Å². The minimum atomic E-state index is 0.0259. The van der Waals surface area contributed by atoms with E-state index in [4.69, 9.17) is 5.73 Å². The van der Waals surface area contributed by atoms with Gasteiger partial charge < -0.3 is 10.3 Å². The van der Waals surface area contributed by atoms with Crippen molar-refractivity contribution in [1.82, 2.24) is 4.57 Å². The van der Waals surface area contributed by atoms with E-state index < -0.39 is 0 Å². The molecule has 0 saturated heterocycles. The lowest BCUT2D eigenvalue weighted by Gasteiger charge is -2.06. The highest BCUT2D eigenvalue weighted by Crippen LogP contribution is 2.15. The van der Waals surface area contributed by atoms with Gasteiger partial charge in [-0.15, -0.1) is 11.3 Å². The molecule has 92 valence electrons. The van der Waals surface area contributed by atoms with Crippen LogP contribution in [0.25, 0.3) is 0 Å². The van der Waals surface area contributed by atoms with Crippen molar-refractivity contribution in [3.8, 4) is 11.8 Å². The summed E-state index contributed by atoms with van der Waals surface area (Å²) < 4.78 is 1.76. The molecule has 2 aromatic rings. The van der Waals surface area contributed by atoms with E-state index in [1.165, 1.54) is 0 Å². The molecule has 0 bridgehead atoms. The number of hydrogen-bond donors (Lipinski definition) is 1. The molecule has 0 amide bonds. The maximum absolute atomic E-state index is 11.7. The molecule has 2 aromatic heterocycles. The maximum Gasteiger partial charge on any atom is 0.251 e. The quantitative estimate of drug-likeness (QED) is 0.831. The monoisotopic (exact) mass is 258 g/mol. The molecule has 0 aliphatic heterocycles. The first-order chi connectivity index (χ1) is 8.70. The number of nitrogens with two attached hydrogens (primary N) is 1. The number of nitrogens with zero attached hydrogens (tertiary/aromatic N) is 1. The number of hydrogen-bond acceptors (Lipinski definition) is 3. The van der Waals surface area contributed by atoms with Gasteiger partial charge in [-0.2, -0.15) is 0 Å². The second kappa shape index (κ2) is 5.67. The van der Waals surface area contributed by atoms with E-state index in [9.17, 15) is 4.79 Å². The summed E-state index contributed by atoms with van der Waals surface area (Å²) in [5, 5.41) is 1.99. The van der Waals surface area contributed by atoms with Crippen LogP contribution < -0.4 is 11.3 Å². The fourth-order valence-electron chi connectivity index (χ4n) is 1.66. The van der Waals surface area contributed by atoms with Crippen molar-refractivity contribution in [1.29, 1.82) is 0 Å². The molecule has 2 rings (SSSR count). The molecule has 2 N–H and O–H groups in total. The van der Waals surface area contributed by atoms with Crippen molar-refractivity contribution >= 4 is 11.3 Å². The first-order valence-corrected chi connectivity index (χ1v) is 6.51. The topological polar surface area (TPSA) is 48.0 Å². The Morgan fingerprint density at radius 3 is 3.00 bits per heavy atom. The van der Waals surface area contributed by atoms with Gasteiger partial charge in [-0.05, 0) is 19.1 Å². The van der Waals surface area contributed by atoms with E-state index in [2.05, 4.69) is 11.8 Å². The fraction of sp³-hybridized carbons (Fsp3) is 0.214. The van der Waals surface area contributed by atoms with Crippen LogP contribution in [0.15, 0.2) is 34.4 Å². The largest absolute Gasteiger partial charge is 0.320 e. The lowest BCUT2D eigenvalue weighted by Crippen LogP contribution is -2.20. The molecule has 4 heteroatoms. The number of aryl methyl sites for hydroxylation is 1. The van der Waals surface area contributed by atoms with Crippen molar-refractivity contribution in [2.75, 3.05) is 6.54 Å². The lowest BCUT2D eigenvalue weighted by atomic mass is 10.3. The minimum Gasteiger partial charge on any atom is -0.320 e. The van der Waals surface area contributed by atoms with Gasteiger partial charge in [-0.1, -0.05) is 17.9 Å². The average Bonchev–Trinajstić information content (AvgIpc) is 2.79. The van der Waals surface area contributed by atoms with Gasteiger partial charge in [-0.25, -0.2) is 0 Å². The minimum absolute atomic E-state index is 0.0259. The van der Waals surface area contributed by atoms with Gasteiger partial charge in [0.05, 0.1) is 13.1 Å². The molecule has 0 fully saturated rings. The highest BCUT2D eigenvalue weighted by Gasteiger charge is 2.03. The molecule has 0 radical (unpaired) electrons. The predicted molar refractivity (Wildman–Crippen MR) is 74.8 cm³/mol. The van der Waals surface area contributed by atoms with Gasteiger partial charge in [-0.3, -0.25) is 4.79 Å². The molecular formula is C14H14N2OS. The zero-order valence-corrected chi connectivity index (χ0v) is 11.0. The van der Waals surface area contributed by atoms with Crippen LogP contribution in [-0.4, -0.2) is 11.1 Å². The first-order valence-electron chi connectivity index (χ1n) is 5.63. The Morgan fingerprint density at radius 2 is 2.28 bits per heavy atom. The van der Waals surface area contributed by atoms with Gasteiger partial charge in [0.15, 0.2) is 0 Å². The molecule has 0 saturated carbocycles. The molecule has 0 spiro atoms. The Kier molecular flexibility index (Phi) is 3.98. The van der Waals surface area contributed by atoms with Gasteiger partial charge >= 0.3 is 0 Å². The molecule has 3 nitrogen and oxygen atoms in total. The SMILES string of the molecule is Cc1cccc(=O)n1Cc1cc(C#CCN)cs1. The standard InChI is InChI=1S/C14H14N2OS/c1-11-4-2-6-14(17)16(11)9-13-8-12(10-18-13)5-3-7-15/h2,4,6,8,10H,7,9,15H2,1H3. The van der Waals surface area contributed by atoms with E-state index in [0.717, 1.165) is 16.1 Å². The summed E-state index contributed by atoms with van der Waals surface area (Å²) in [5.74, 6) is 5.81. The fourth-order valence-corrected chi connectivity index (χ4v) is 2.47. The van der Waals surface area contributed by atoms with Crippen LogP contribution in [-0.2, 0) is 6.54 Å². The molecule has 2 heterocycles. The summed E-state index contributed by atoms with van der Waals surface area (Å²) in [7, 11) is 0. The van der Waals surface area contributed by atoms with Crippen molar-refractivity contribution in [2.24, 2.45) is 5.73 Å². The molecule has 18 heavy (non-hydrogen) atoms. The number of pyridine rings is 1. The molecule has 0 unspecified atom stereocenters. The summed E-state index contributed by atoms with van der Waals surface area (Å²) in [6, 6.07) is 7.30. The highest BCUT2D eigenvalue weighted by molar-refractivity contribution is 7.10. The van der Waals surface area contributed by atoms with Crippen molar-refractivity contribution < 1.29 is 0 Å². The third-order valence-corrected chi connectivity index (χ3v) is 3.49. The van der Waals surface area contributed by atoms with Crippen LogP contribution in [0.5, 0.6) is 0 Å². The van der Waals surface area contributed by atoms with Crippen LogP contribution in [0.3, 0.4) is 0 Å². The Labute approximate surface area is 110 Å². The van der Waals surface area contributed by atoms with E-state index in [-0.39, 0.29) is 5.56 Å². The van der Waals surface area contributed by atoms with Crippen LogP contribution in [0, 0.1) is 18.8 Å². The van der Waals surface area contributed by atoms with Gasteiger partial charge in [0.25, 0.3) is 5.56 Å². The first kappa shape index (κ1) is 12.6. The third kappa shape index (κ3) is 2.89. The number of aromatic nitrogens is 1. The van der Waals surface area contributed by atoms with E-state index in [0.29, 0.717) is 13.1 Å². The van der Waals surface area contributed by atoms with Gasteiger partial charge in [0.2, 0.25) is 0 Å². The van der Waals surface area contributed by atoms with Crippen LogP contribution in [0.4, 0.5) is 0 Å². The molecular weight excluding hydrogens is 244 g/mol. The van der Waals surface area contributed by atoms with Crippen LogP contribution >= 0.6 is 11.3 Å². The van der Waals surface area contributed by atoms with E-state index in [1.54, 1.807) is 28.0 Å². The Hall–Kier alpha value is -1.83. The zero-order chi connectivity index (χ0) is 13.0. The van der Waals surface area contributed by atoms with E-state index >= 15 is 0 Å². The van der Waals surface area contributed by atoms with Crippen LogP contribution in [0.2, 0.25) is 0 Å². The Balaban J connectivity index is 2.24. The second-order valence-corrected chi connectivity index (χ2v) is 4.89. The predicted octanol–water partition coefficient (Wildman–Crippen LogP) is 1.58. The zero-order valence-electron chi connectivity index (χ0n) is 10.1. The second-order valence-electron chi connectivity index (χ2n) is 3.90. The molecule has 0 aliphatic rings. The average molecular weight is 258 g/mol. The molecule has 0 aromatic carbocycles. The molecule has 0 aliphatic carbocycles. The normalized spacial score (nSPS) is 9.89. The summed E-state index contributed by atoms with van der Waals surface area (Å²) in [6.45, 7) is 2.90. The van der Waals surface area contributed by atoms with Gasteiger partial charge in [0, 0.05) is 27.6 Å². The number of rotatable bonds is 2. The Bertz CT molecular complexity index is 658. The highest BCUT2D eigenvalue weighted by atomic mass is 32.1. The Morgan fingerprint density at radius 1 is 1.44 bits per heavy atom. The summed E-state index contributed by atoms with van der Waals surface area (Å²) in [5.41, 5.74) is 7.28. The summed E-state index contributed by atoms with van der Waals surface area (Å²) in [4.78, 5) is 12.9. The smallest absolute Gasteiger partial charge is 0.251 e. The summed E-state index contributed by atoms with van der Waals surface area (Å²) >= 11 is 1.61. The lowest BCUT2D eigenvalue weighted by molar-refractivity contribution is 0.739. The maximum atomic E-state index is 11.7. The molecule has 0 atom stereocenters. The van der Waals surface area contributed by atoms with Crippen molar-refractivity contribution in [3.63, 3.8) is 0 Å². The van der Waals surface area contributed by atoms with Crippen molar-refractivity contribution in [3.05, 3.63) is 56.1 Å². The van der Waals surface area contributed by atoms with Crippen molar-refractivity contribution in [2.45, 2.75) is 13.5 Å².